The number of aryl methyl sites for hydroxylation is 1. The van der Waals surface area contributed by atoms with Gasteiger partial charge in [-0.2, -0.15) is 0 Å². The summed E-state index contributed by atoms with van der Waals surface area (Å²) in [5.41, 5.74) is 2.18. The van der Waals surface area contributed by atoms with Gasteiger partial charge in [-0.1, -0.05) is 0 Å². The van der Waals surface area contributed by atoms with E-state index in [0.29, 0.717) is 0 Å². The Balaban J connectivity index is 1.69. The van der Waals surface area contributed by atoms with Crippen molar-refractivity contribution in [2.24, 2.45) is 0 Å². The van der Waals surface area contributed by atoms with Crippen molar-refractivity contribution in [2.75, 3.05) is 5.32 Å². The standard InChI is InChI=1S/C15H15N5/c1-12-17-8-9-20(12)15-3-2-14(11-19-15)18-10-13-4-6-16-7-5-13/h2-9,11,18H,10H2,1H3. The molecule has 0 amide bonds. The SMILES string of the molecule is Cc1nccn1-c1ccc(NCc2ccncc2)cn1. The van der Waals surface area contributed by atoms with Gasteiger partial charge in [-0.25, -0.2) is 9.97 Å². The van der Waals surface area contributed by atoms with Crippen LogP contribution in [-0.4, -0.2) is 19.5 Å². The third kappa shape index (κ3) is 2.66. The fraction of sp³-hybridized carbons (Fsp3) is 0.133. The predicted octanol–water partition coefficient (Wildman–Crippen LogP) is 2.58. The van der Waals surface area contributed by atoms with Crippen LogP contribution in [0.3, 0.4) is 0 Å². The first-order chi connectivity index (χ1) is 9.83. The number of hydrogen-bond acceptors (Lipinski definition) is 4. The van der Waals surface area contributed by atoms with Crippen LogP contribution < -0.4 is 5.32 Å². The Hall–Kier alpha value is -2.69. The molecular weight excluding hydrogens is 250 g/mol. The van der Waals surface area contributed by atoms with Crippen LogP contribution in [0.1, 0.15) is 11.4 Å². The van der Waals surface area contributed by atoms with Crippen LogP contribution in [-0.2, 0) is 6.54 Å². The third-order valence-electron chi connectivity index (χ3n) is 3.07. The summed E-state index contributed by atoms with van der Waals surface area (Å²) in [6.45, 7) is 2.71. The monoisotopic (exact) mass is 265 g/mol. The van der Waals surface area contributed by atoms with E-state index in [9.17, 15) is 0 Å². The van der Waals surface area contributed by atoms with Gasteiger partial charge in [-0.15, -0.1) is 0 Å². The molecular formula is C15H15N5. The fourth-order valence-electron chi connectivity index (χ4n) is 1.96. The van der Waals surface area contributed by atoms with E-state index in [1.54, 1.807) is 18.6 Å². The maximum Gasteiger partial charge on any atom is 0.138 e. The number of nitrogens with one attached hydrogen (secondary N) is 1. The van der Waals surface area contributed by atoms with Gasteiger partial charge in [0.2, 0.25) is 0 Å². The Bertz CT molecular complexity index is 673. The van der Waals surface area contributed by atoms with E-state index in [0.717, 1.165) is 23.9 Å². The van der Waals surface area contributed by atoms with Crippen LogP contribution in [0.5, 0.6) is 0 Å². The second-order valence-electron chi connectivity index (χ2n) is 4.46. The number of rotatable bonds is 4. The summed E-state index contributed by atoms with van der Waals surface area (Å²) in [6.07, 6.45) is 9.09. The van der Waals surface area contributed by atoms with Crippen molar-refractivity contribution in [1.29, 1.82) is 0 Å². The van der Waals surface area contributed by atoms with Crippen molar-refractivity contribution >= 4 is 5.69 Å². The molecule has 100 valence electrons. The van der Waals surface area contributed by atoms with E-state index in [1.165, 1.54) is 5.56 Å². The lowest BCUT2D eigenvalue weighted by atomic mass is 10.2. The molecule has 3 aromatic rings. The Morgan fingerprint density at radius 1 is 1.05 bits per heavy atom. The van der Waals surface area contributed by atoms with Crippen LogP contribution in [0.2, 0.25) is 0 Å². The second-order valence-corrected chi connectivity index (χ2v) is 4.46. The van der Waals surface area contributed by atoms with Crippen molar-refractivity contribution < 1.29 is 0 Å². The molecule has 3 aromatic heterocycles. The smallest absolute Gasteiger partial charge is 0.138 e. The molecule has 0 saturated carbocycles. The lowest BCUT2D eigenvalue weighted by Crippen LogP contribution is -2.02. The van der Waals surface area contributed by atoms with Crippen molar-refractivity contribution in [3.8, 4) is 5.82 Å². The number of pyridine rings is 2. The molecule has 0 aliphatic rings. The first-order valence-electron chi connectivity index (χ1n) is 6.42. The number of imidazole rings is 1. The van der Waals surface area contributed by atoms with E-state index in [4.69, 9.17) is 0 Å². The highest BCUT2D eigenvalue weighted by Gasteiger charge is 2.01. The minimum Gasteiger partial charge on any atom is -0.380 e. The van der Waals surface area contributed by atoms with Crippen LogP contribution >= 0.6 is 0 Å². The molecule has 3 rings (SSSR count). The van der Waals surface area contributed by atoms with Gasteiger partial charge in [0.15, 0.2) is 0 Å². The summed E-state index contributed by atoms with van der Waals surface area (Å²) in [4.78, 5) is 12.6. The van der Waals surface area contributed by atoms with E-state index < -0.39 is 0 Å². The van der Waals surface area contributed by atoms with Gasteiger partial charge in [0.25, 0.3) is 0 Å². The molecule has 0 aromatic carbocycles. The highest BCUT2D eigenvalue weighted by atomic mass is 15.1. The highest BCUT2D eigenvalue weighted by molar-refractivity contribution is 5.44. The van der Waals surface area contributed by atoms with Crippen LogP contribution in [0, 0.1) is 6.92 Å². The Kier molecular flexibility index (Phi) is 3.41. The molecule has 0 spiro atoms. The minimum absolute atomic E-state index is 0.758. The maximum absolute atomic E-state index is 4.44. The summed E-state index contributed by atoms with van der Waals surface area (Å²) in [6, 6.07) is 7.97. The number of anilines is 1. The van der Waals surface area contributed by atoms with Gasteiger partial charge < -0.3 is 5.32 Å². The topological polar surface area (TPSA) is 55.6 Å². The molecule has 1 N–H and O–H groups in total. The van der Waals surface area contributed by atoms with Gasteiger partial charge >= 0.3 is 0 Å². The Morgan fingerprint density at radius 2 is 1.90 bits per heavy atom. The number of nitrogens with zero attached hydrogens (tertiary/aromatic N) is 4. The molecule has 20 heavy (non-hydrogen) atoms. The van der Waals surface area contributed by atoms with Crippen LogP contribution in [0.4, 0.5) is 5.69 Å². The van der Waals surface area contributed by atoms with Gasteiger partial charge in [0.05, 0.1) is 11.9 Å². The first kappa shape index (κ1) is 12.3. The first-order valence-corrected chi connectivity index (χ1v) is 6.42. The molecule has 0 saturated heterocycles. The summed E-state index contributed by atoms with van der Waals surface area (Å²) in [5.74, 6) is 1.80. The molecule has 0 atom stereocenters. The molecule has 0 bridgehead atoms. The maximum atomic E-state index is 4.44. The second kappa shape index (κ2) is 5.52. The Labute approximate surface area is 117 Å². The fourth-order valence-corrected chi connectivity index (χ4v) is 1.96. The van der Waals surface area contributed by atoms with E-state index in [2.05, 4.69) is 20.3 Å². The average Bonchev–Trinajstić information content (AvgIpc) is 2.93. The Morgan fingerprint density at radius 3 is 2.55 bits per heavy atom. The highest BCUT2D eigenvalue weighted by Crippen LogP contribution is 2.12. The van der Waals surface area contributed by atoms with Gasteiger partial charge in [0, 0.05) is 31.3 Å². The molecule has 0 unspecified atom stereocenters. The van der Waals surface area contributed by atoms with Gasteiger partial charge in [-0.3, -0.25) is 9.55 Å². The van der Waals surface area contributed by atoms with E-state index >= 15 is 0 Å². The lowest BCUT2D eigenvalue weighted by Gasteiger charge is -2.08. The summed E-state index contributed by atoms with van der Waals surface area (Å²) >= 11 is 0. The lowest BCUT2D eigenvalue weighted by molar-refractivity contribution is 0.932. The zero-order chi connectivity index (χ0) is 13.8. The van der Waals surface area contributed by atoms with Gasteiger partial charge in [0.1, 0.15) is 11.6 Å². The largest absolute Gasteiger partial charge is 0.380 e. The molecule has 0 radical (unpaired) electrons. The van der Waals surface area contributed by atoms with Crippen molar-refractivity contribution in [1.82, 2.24) is 19.5 Å². The molecule has 5 nitrogen and oxygen atoms in total. The third-order valence-corrected chi connectivity index (χ3v) is 3.07. The summed E-state index contributed by atoms with van der Waals surface area (Å²) < 4.78 is 1.95. The van der Waals surface area contributed by atoms with E-state index in [1.807, 2.05) is 48.1 Å². The molecule has 0 aliphatic heterocycles. The number of aromatic nitrogens is 4. The summed E-state index contributed by atoms with van der Waals surface area (Å²) in [5, 5.41) is 3.33. The molecule has 5 heteroatoms. The van der Waals surface area contributed by atoms with Crippen molar-refractivity contribution in [3.05, 3.63) is 66.6 Å². The zero-order valence-electron chi connectivity index (χ0n) is 11.2. The minimum atomic E-state index is 0.758. The zero-order valence-corrected chi connectivity index (χ0v) is 11.2. The average molecular weight is 265 g/mol. The normalized spacial score (nSPS) is 10.4. The molecule has 0 fully saturated rings. The van der Waals surface area contributed by atoms with Crippen LogP contribution in [0.25, 0.3) is 5.82 Å². The predicted molar refractivity (Wildman–Crippen MR) is 77.7 cm³/mol. The van der Waals surface area contributed by atoms with E-state index in [-0.39, 0.29) is 0 Å². The van der Waals surface area contributed by atoms with Gasteiger partial charge in [-0.05, 0) is 36.8 Å². The van der Waals surface area contributed by atoms with Crippen LogP contribution in [0.15, 0.2) is 55.2 Å². The number of hydrogen-bond donors (Lipinski definition) is 1. The quantitative estimate of drug-likeness (QED) is 0.787. The summed E-state index contributed by atoms with van der Waals surface area (Å²) in [7, 11) is 0. The molecule has 3 heterocycles. The van der Waals surface area contributed by atoms with Crippen molar-refractivity contribution in [3.63, 3.8) is 0 Å². The molecule has 0 aliphatic carbocycles. The van der Waals surface area contributed by atoms with Crippen molar-refractivity contribution in [2.45, 2.75) is 13.5 Å².